The zero-order valence-electron chi connectivity index (χ0n) is 17.1. The molecule has 0 saturated heterocycles. The maximum atomic E-state index is 12.9. The van der Waals surface area contributed by atoms with E-state index in [0.29, 0.717) is 23.0 Å². The number of carboxylic acids is 1. The van der Waals surface area contributed by atoms with Crippen LogP contribution in [0.25, 0.3) is 0 Å². The lowest BCUT2D eigenvalue weighted by atomic mass is 9.43. The summed E-state index contributed by atoms with van der Waals surface area (Å²) in [4.78, 5) is 24.2. The third-order valence-corrected chi connectivity index (χ3v) is 7.08. The van der Waals surface area contributed by atoms with Crippen molar-refractivity contribution < 1.29 is 19.4 Å². The second-order valence-electron chi connectivity index (χ2n) is 10.1. The maximum absolute atomic E-state index is 12.9. The first kappa shape index (κ1) is 19.4. The summed E-state index contributed by atoms with van der Waals surface area (Å²) in [6.07, 6.45) is 7.45. The van der Waals surface area contributed by atoms with E-state index in [1.165, 1.54) is 31.7 Å². The number of Topliss-reactive ketones (excluding diaryl/α,β-unsaturated/α-hetero) is 1. The first-order chi connectivity index (χ1) is 13.1. The van der Waals surface area contributed by atoms with Gasteiger partial charge in [0, 0.05) is 11.1 Å². The minimum Gasteiger partial charge on any atom is -0.493 e. The molecular weight excluding hydrogens is 354 g/mol. The van der Waals surface area contributed by atoms with Crippen molar-refractivity contribution in [1.29, 1.82) is 0 Å². The molecular formula is C23H31NO4. The van der Waals surface area contributed by atoms with Crippen LogP contribution < -0.4 is 10.1 Å². The summed E-state index contributed by atoms with van der Waals surface area (Å²) in [6.45, 7) is 7.30. The van der Waals surface area contributed by atoms with E-state index >= 15 is 0 Å². The van der Waals surface area contributed by atoms with Crippen LogP contribution in [0.2, 0.25) is 0 Å². The summed E-state index contributed by atoms with van der Waals surface area (Å²) in [6, 6.07) is 4.63. The first-order valence-electron chi connectivity index (χ1n) is 10.4. The highest BCUT2D eigenvalue weighted by Crippen LogP contribution is 2.66. The average molecular weight is 386 g/mol. The van der Waals surface area contributed by atoms with Crippen molar-refractivity contribution >= 4 is 11.8 Å². The van der Waals surface area contributed by atoms with Crippen molar-refractivity contribution in [3.05, 3.63) is 29.3 Å². The molecule has 0 heterocycles. The lowest BCUT2D eigenvalue weighted by molar-refractivity contribution is -0.116. The molecule has 2 atom stereocenters. The van der Waals surface area contributed by atoms with Crippen LogP contribution in [0.3, 0.4) is 0 Å². The third kappa shape index (κ3) is 3.45. The molecule has 0 radical (unpaired) electrons. The molecule has 4 saturated carbocycles. The number of nitrogens with one attached hydrogen (secondary N) is 1. The Labute approximate surface area is 166 Å². The number of aromatic carboxylic acids is 1. The van der Waals surface area contributed by atoms with Crippen molar-refractivity contribution in [3.63, 3.8) is 0 Å². The minimum absolute atomic E-state index is 0.0102. The zero-order valence-corrected chi connectivity index (χ0v) is 17.1. The molecule has 0 spiro atoms. The Hall–Kier alpha value is -1.88. The number of hydrogen-bond acceptors (Lipinski definition) is 4. The van der Waals surface area contributed by atoms with Gasteiger partial charge in [0.15, 0.2) is 5.78 Å². The largest absolute Gasteiger partial charge is 0.493 e. The van der Waals surface area contributed by atoms with Gasteiger partial charge >= 0.3 is 5.97 Å². The van der Waals surface area contributed by atoms with Gasteiger partial charge in [0.1, 0.15) is 11.3 Å². The van der Waals surface area contributed by atoms with Crippen LogP contribution >= 0.6 is 0 Å². The first-order valence-corrected chi connectivity index (χ1v) is 10.4. The van der Waals surface area contributed by atoms with Crippen LogP contribution in [0.1, 0.15) is 80.0 Å². The fourth-order valence-electron chi connectivity index (χ4n) is 7.16. The highest BCUT2D eigenvalue weighted by molar-refractivity contribution is 6.00. The SMILES string of the molecule is CCOc1cc(C(=O)CNC23CC4CC(C)(CC(C)(C4)C2)C3)ccc1C(=O)O. The third-order valence-electron chi connectivity index (χ3n) is 7.08. The quantitative estimate of drug-likeness (QED) is 0.684. The Morgan fingerprint density at radius 2 is 1.82 bits per heavy atom. The van der Waals surface area contributed by atoms with Crippen molar-refractivity contribution in [2.75, 3.05) is 13.2 Å². The van der Waals surface area contributed by atoms with E-state index in [9.17, 15) is 14.7 Å². The molecule has 4 bridgehead atoms. The van der Waals surface area contributed by atoms with Crippen molar-refractivity contribution in [2.24, 2.45) is 16.7 Å². The van der Waals surface area contributed by atoms with E-state index in [2.05, 4.69) is 19.2 Å². The smallest absolute Gasteiger partial charge is 0.339 e. The highest BCUT2D eigenvalue weighted by Gasteiger charge is 2.59. The second-order valence-corrected chi connectivity index (χ2v) is 10.1. The number of ether oxygens (including phenoxy) is 1. The highest BCUT2D eigenvalue weighted by atomic mass is 16.5. The van der Waals surface area contributed by atoms with Crippen molar-refractivity contribution in [1.82, 2.24) is 5.32 Å². The van der Waals surface area contributed by atoms with E-state index in [4.69, 9.17) is 4.74 Å². The molecule has 4 aliphatic carbocycles. The van der Waals surface area contributed by atoms with Gasteiger partial charge in [-0.3, -0.25) is 4.79 Å². The molecule has 0 aliphatic heterocycles. The van der Waals surface area contributed by atoms with Crippen LogP contribution in [0.15, 0.2) is 18.2 Å². The summed E-state index contributed by atoms with van der Waals surface area (Å²) < 4.78 is 5.44. The Balaban J connectivity index is 1.49. The zero-order chi connectivity index (χ0) is 20.2. The van der Waals surface area contributed by atoms with Gasteiger partial charge in [-0.1, -0.05) is 19.9 Å². The molecule has 0 aromatic heterocycles. The topological polar surface area (TPSA) is 75.6 Å². The number of ketones is 1. The normalized spacial score (nSPS) is 35.8. The molecule has 28 heavy (non-hydrogen) atoms. The van der Waals surface area contributed by atoms with Crippen LogP contribution in [-0.4, -0.2) is 35.5 Å². The number of carbonyl (C=O) groups excluding carboxylic acids is 1. The molecule has 5 heteroatoms. The van der Waals surface area contributed by atoms with Gasteiger partial charge in [0.2, 0.25) is 0 Å². The monoisotopic (exact) mass is 385 g/mol. The van der Waals surface area contributed by atoms with Gasteiger partial charge in [-0.25, -0.2) is 4.79 Å². The van der Waals surface area contributed by atoms with Crippen LogP contribution in [-0.2, 0) is 0 Å². The summed E-state index contributed by atoms with van der Waals surface area (Å²) >= 11 is 0. The van der Waals surface area contributed by atoms with Gasteiger partial charge in [-0.2, -0.15) is 0 Å². The Bertz CT molecular complexity index is 799. The molecule has 4 aliphatic rings. The second kappa shape index (κ2) is 6.58. The van der Waals surface area contributed by atoms with Gasteiger partial charge in [-0.05, 0) is 74.3 Å². The summed E-state index contributed by atoms with van der Waals surface area (Å²) in [5, 5.41) is 13.0. The van der Waals surface area contributed by atoms with Gasteiger partial charge in [0.25, 0.3) is 0 Å². The van der Waals surface area contributed by atoms with E-state index in [1.807, 2.05) is 0 Å². The molecule has 152 valence electrons. The van der Waals surface area contributed by atoms with Crippen LogP contribution in [0.4, 0.5) is 0 Å². The number of hydrogen-bond donors (Lipinski definition) is 2. The van der Waals surface area contributed by atoms with Crippen LogP contribution in [0.5, 0.6) is 5.75 Å². The van der Waals surface area contributed by atoms with Gasteiger partial charge < -0.3 is 15.2 Å². The minimum atomic E-state index is -1.05. The molecule has 2 unspecified atom stereocenters. The number of benzene rings is 1. The molecule has 5 rings (SSSR count). The fraction of sp³-hybridized carbons (Fsp3) is 0.652. The maximum Gasteiger partial charge on any atom is 0.339 e. The van der Waals surface area contributed by atoms with E-state index in [-0.39, 0.29) is 29.2 Å². The van der Waals surface area contributed by atoms with E-state index < -0.39 is 5.97 Å². The van der Waals surface area contributed by atoms with E-state index in [1.54, 1.807) is 19.1 Å². The molecule has 2 N–H and O–H groups in total. The predicted octanol–water partition coefficient (Wildman–Crippen LogP) is 4.30. The van der Waals surface area contributed by atoms with Crippen molar-refractivity contribution in [3.8, 4) is 5.75 Å². The Morgan fingerprint density at radius 3 is 2.39 bits per heavy atom. The van der Waals surface area contributed by atoms with Crippen LogP contribution in [0, 0.1) is 16.7 Å². The summed E-state index contributed by atoms with van der Waals surface area (Å²) in [5.41, 5.74) is 1.46. The summed E-state index contributed by atoms with van der Waals surface area (Å²) in [5.74, 6) is -0.0245. The van der Waals surface area contributed by atoms with Gasteiger partial charge in [0.05, 0.1) is 13.2 Å². The Morgan fingerprint density at radius 1 is 1.14 bits per heavy atom. The number of carboxylic acid groups (broad SMARTS) is 1. The molecule has 1 aromatic rings. The molecule has 1 aromatic carbocycles. The van der Waals surface area contributed by atoms with Crippen molar-refractivity contribution in [2.45, 2.75) is 64.8 Å². The lowest BCUT2D eigenvalue weighted by Crippen LogP contribution is -2.64. The summed E-state index contributed by atoms with van der Waals surface area (Å²) in [7, 11) is 0. The van der Waals surface area contributed by atoms with Gasteiger partial charge in [-0.15, -0.1) is 0 Å². The number of rotatable bonds is 7. The predicted molar refractivity (Wildman–Crippen MR) is 107 cm³/mol. The fourth-order valence-corrected chi connectivity index (χ4v) is 7.16. The average Bonchev–Trinajstić information content (AvgIpc) is 2.56. The lowest BCUT2D eigenvalue weighted by Gasteiger charge is -2.65. The Kier molecular flexibility index (Phi) is 4.57. The molecule has 5 nitrogen and oxygen atoms in total. The molecule has 4 fully saturated rings. The number of carbonyl (C=O) groups is 2. The standard InChI is InChI=1S/C23H31NO4/c1-4-28-19-7-16(5-6-17(19)20(26)27)18(25)11-24-23-10-15-8-21(2,13-23)12-22(3,9-15)14-23/h5-7,15,24H,4,8-14H2,1-3H3,(H,26,27). The molecule has 0 amide bonds. The van der Waals surface area contributed by atoms with E-state index in [0.717, 1.165) is 18.8 Å².